The van der Waals surface area contributed by atoms with E-state index < -0.39 is 15.9 Å². The molecule has 0 spiro atoms. The molecule has 1 saturated heterocycles. The molecule has 2 atom stereocenters. The molecule has 7 nitrogen and oxygen atoms in total. The number of sulfone groups is 1. The van der Waals surface area contributed by atoms with Gasteiger partial charge in [-0.05, 0) is 36.5 Å². The van der Waals surface area contributed by atoms with Crippen molar-refractivity contribution in [1.82, 2.24) is 5.01 Å². The Bertz CT molecular complexity index is 861. The van der Waals surface area contributed by atoms with Crippen LogP contribution in [0.1, 0.15) is 51.0 Å². The number of hydrogen-bond acceptors (Lipinski definition) is 5. The van der Waals surface area contributed by atoms with Gasteiger partial charge >= 0.3 is 0 Å². The monoisotopic (exact) mass is 391 g/mol. The van der Waals surface area contributed by atoms with E-state index >= 15 is 0 Å². The molecule has 0 aromatic heterocycles. The summed E-state index contributed by atoms with van der Waals surface area (Å²) in [6, 6.07) is 7.22. The van der Waals surface area contributed by atoms with Gasteiger partial charge in [0.2, 0.25) is 5.91 Å². The molecule has 1 fully saturated rings. The molecule has 0 bridgehead atoms. The molecule has 8 heteroatoms. The molecule has 146 valence electrons. The van der Waals surface area contributed by atoms with Crippen LogP contribution in [0.4, 0.5) is 5.69 Å². The van der Waals surface area contributed by atoms with E-state index in [0.717, 1.165) is 6.42 Å². The number of anilines is 1. The Labute approximate surface area is 159 Å². The molecule has 0 radical (unpaired) electrons. The Hall–Kier alpha value is -2.22. The van der Waals surface area contributed by atoms with Crippen LogP contribution in [0.15, 0.2) is 29.4 Å². The zero-order valence-electron chi connectivity index (χ0n) is 15.6. The Morgan fingerprint density at radius 2 is 2.00 bits per heavy atom. The van der Waals surface area contributed by atoms with Crippen molar-refractivity contribution >= 4 is 33.1 Å². The van der Waals surface area contributed by atoms with E-state index in [4.69, 9.17) is 0 Å². The minimum atomic E-state index is -3.13. The number of carbonyl (C=O) groups is 2. The summed E-state index contributed by atoms with van der Waals surface area (Å²) >= 11 is 0. The molecule has 2 aliphatic rings. The number of hydrazone groups is 1. The summed E-state index contributed by atoms with van der Waals surface area (Å²) in [6.07, 6.45) is 1.83. The van der Waals surface area contributed by atoms with E-state index in [-0.39, 0.29) is 41.9 Å². The highest BCUT2D eigenvalue weighted by atomic mass is 32.2. The fourth-order valence-electron chi connectivity index (χ4n) is 3.32. The van der Waals surface area contributed by atoms with Gasteiger partial charge in [0, 0.05) is 18.5 Å². The van der Waals surface area contributed by atoms with Crippen molar-refractivity contribution in [2.45, 2.75) is 51.5 Å². The molecule has 2 heterocycles. The Kier molecular flexibility index (Phi) is 5.64. The lowest BCUT2D eigenvalue weighted by Gasteiger charge is -2.27. The summed E-state index contributed by atoms with van der Waals surface area (Å²) < 4.78 is 23.4. The largest absolute Gasteiger partial charge is 0.321 e. The summed E-state index contributed by atoms with van der Waals surface area (Å²) in [4.78, 5) is 24.7. The Morgan fingerprint density at radius 3 is 2.59 bits per heavy atom. The molecule has 0 aliphatic carbocycles. The number of hydrogen-bond donors (Lipinski definition) is 1. The van der Waals surface area contributed by atoms with Crippen LogP contribution in [-0.2, 0) is 19.4 Å². The minimum absolute atomic E-state index is 0.0566. The molecule has 1 aromatic carbocycles. The van der Waals surface area contributed by atoms with E-state index in [1.807, 2.05) is 24.3 Å². The van der Waals surface area contributed by atoms with Gasteiger partial charge in [0.15, 0.2) is 9.84 Å². The van der Waals surface area contributed by atoms with E-state index in [2.05, 4.69) is 24.3 Å². The Balaban J connectivity index is 1.70. The maximum atomic E-state index is 12.5. The summed E-state index contributed by atoms with van der Waals surface area (Å²) in [7, 11) is -3.13. The lowest BCUT2D eigenvalue weighted by molar-refractivity contribution is -0.133. The van der Waals surface area contributed by atoms with Gasteiger partial charge in [0.25, 0.3) is 5.91 Å². The maximum Gasteiger partial charge on any atom is 0.271 e. The third-order valence-corrected chi connectivity index (χ3v) is 6.98. The first kappa shape index (κ1) is 19.5. The molecule has 2 aliphatic heterocycles. The van der Waals surface area contributed by atoms with Crippen LogP contribution in [0.2, 0.25) is 0 Å². The molecule has 0 unspecified atom stereocenters. The predicted molar refractivity (Wildman–Crippen MR) is 104 cm³/mol. The van der Waals surface area contributed by atoms with Crippen molar-refractivity contribution in [3.8, 4) is 0 Å². The first-order valence-electron chi connectivity index (χ1n) is 9.30. The smallest absolute Gasteiger partial charge is 0.271 e. The third-order valence-electron chi connectivity index (χ3n) is 5.23. The van der Waals surface area contributed by atoms with Crippen molar-refractivity contribution in [1.29, 1.82) is 0 Å². The van der Waals surface area contributed by atoms with E-state index in [1.54, 1.807) is 0 Å². The third kappa shape index (κ3) is 4.55. The molecular formula is C19H25N3O4S. The second-order valence-corrected chi connectivity index (χ2v) is 9.46. The van der Waals surface area contributed by atoms with Crippen molar-refractivity contribution in [2.24, 2.45) is 5.10 Å². The quantitative estimate of drug-likeness (QED) is 0.833. The minimum Gasteiger partial charge on any atom is -0.321 e. The molecule has 27 heavy (non-hydrogen) atoms. The first-order valence-corrected chi connectivity index (χ1v) is 11.1. The average Bonchev–Trinajstić information content (AvgIpc) is 3.01. The van der Waals surface area contributed by atoms with Gasteiger partial charge in [0.05, 0.1) is 17.5 Å². The van der Waals surface area contributed by atoms with Crippen LogP contribution in [0.5, 0.6) is 0 Å². The molecular weight excluding hydrogens is 366 g/mol. The van der Waals surface area contributed by atoms with Gasteiger partial charge < -0.3 is 5.32 Å². The standard InChI is InChI=1S/C19H25N3O4S/c1-3-13(2)14-4-6-15(7-5-14)20-19(24)17-8-9-18(23)22(21-17)16-10-11-27(25,26)12-16/h4-7,13,16H,3,8-12H2,1-2H3,(H,20,24)/t13-,16+/m0/s1. The van der Waals surface area contributed by atoms with Gasteiger partial charge in [-0.2, -0.15) is 5.10 Å². The number of nitrogens with one attached hydrogen (secondary N) is 1. The molecule has 1 N–H and O–H groups in total. The Morgan fingerprint density at radius 1 is 1.30 bits per heavy atom. The van der Waals surface area contributed by atoms with Gasteiger partial charge in [0.1, 0.15) is 5.71 Å². The van der Waals surface area contributed by atoms with Crippen LogP contribution in [0.3, 0.4) is 0 Å². The van der Waals surface area contributed by atoms with E-state index in [1.165, 1.54) is 10.6 Å². The predicted octanol–water partition coefficient (Wildman–Crippen LogP) is 2.30. The van der Waals surface area contributed by atoms with Crippen LogP contribution in [-0.4, -0.2) is 48.5 Å². The van der Waals surface area contributed by atoms with Crippen LogP contribution < -0.4 is 5.32 Å². The van der Waals surface area contributed by atoms with E-state index in [0.29, 0.717) is 18.0 Å². The molecule has 2 amide bonds. The zero-order valence-corrected chi connectivity index (χ0v) is 16.5. The highest BCUT2D eigenvalue weighted by molar-refractivity contribution is 7.91. The maximum absolute atomic E-state index is 12.5. The molecule has 1 aromatic rings. The lowest BCUT2D eigenvalue weighted by Crippen LogP contribution is -2.42. The van der Waals surface area contributed by atoms with E-state index in [9.17, 15) is 18.0 Å². The molecule has 0 saturated carbocycles. The number of nitrogens with zero attached hydrogens (tertiary/aromatic N) is 2. The second-order valence-electron chi connectivity index (χ2n) is 7.23. The fraction of sp³-hybridized carbons (Fsp3) is 0.526. The number of rotatable bonds is 5. The second kappa shape index (κ2) is 7.80. The number of carbonyl (C=O) groups excluding carboxylic acids is 2. The fourth-order valence-corrected chi connectivity index (χ4v) is 5.01. The van der Waals surface area contributed by atoms with Gasteiger partial charge in [-0.15, -0.1) is 0 Å². The van der Waals surface area contributed by atoms with Crippen molar-refractivity contribution in [2.75, 3.05) is 16.8 Å². The van der Waals surface area contributed by atoms with Gasteiger partial charge in [-0.1, -0.05) is 26.0 Å². The van der Waals surface area contributed by atoms with Crippen LogP contribution in [0, 0.1) is 0 Å². The van der Waals surface area contributed by atoms with Gasteiger partial charge in [-0.3, -0.25) is 9.59 Å². The van der Waals surface area contributed by atoms with Crippen molar-refractivity contribution < 1.29 is 18.0 Å². The first-order chi connectivity index (χ1) is 12.8. The average molecular weight is 391 g/mol. The number of amides is 2. The van der Waals surface area contributed by atoms with Crippen LogP contribution in [0.25, 0.3) is 0 Å². The summed E-state index contributed by atoms with van der Waals surface area (Å²) in [5.74, 6) is -0.161. The van der Waals surface area contributed by atoms with Crippen molar-refractivity contribution in [3.05, 3.63) is 29.8 Å². The molecule has 3 rings (SSSR count). The summed E-state index contributed by atoms with van der Waals surface area (Å²) in [5.41, 5.74) is 2.14. The summed E-state index contributed by atoms with van der Waals surface area (Å²) in [5, 5.41) is 8.20. The van der Waals surface area contributed by atoms with Crippen molar-refractivity contribution in [3.63, 3.8) is 0 Å². The SMILES string of the molecule is CC[C@H](C)c1ccc(NC(=O)C2=NN([C@@H]3CCS(=O)(=O)C3)C(=O)CC2)cc1. The topological polar surface area (TPSA) is 95.9 Å². The highest BCUT2D eigenvalue weighted by Crippen LogP contribution is 2.23. The number of benzene rings is 1. The summed E-state index contributed by atoms with van der Waals surface area (Å²) in [6.45, 7) is 4.28. The van der Waals surface area contributed by atoms with Crippen LogP contribution >= 0.6 is 0 Å². The zero-order chi connectivity index (χ0) is 19.6. The van der Waals surface area contributed by atoms with Gasteiger partial charge in [-0.25, -0.2) is 13.4 Å². The normalized spacial score (nSPS) is 23.0. The lowest BCUT2D eigenvalue weighted by atomic mass is 9.98. The highest BCUT2D eigenvalue weighted by Gasteiger charge is 2.37.